The number of rotatable bonds is 5. The fourth-order valence-electron chi connectivity index (χ4n) is 2.02. The zero-order chi connectivity index (χ0) is 13.0. The summed E-state index contributed by atoms with van der Waals surface area (Å²) in [6, 6.07) is 0. The lowest BCUT2D eigenvalue weighted by Crippen LogP contribution is -2.08. The molecule has 0 saturated heterocycles. The van der Waals surface area contributed by atoms with Crippen LogP contribution in [0.2, 0.25) is 0 Å². The molecule has 0 aliphatic heterocycles. The van der Waals surface area contributed by atoms with Gasteiger partial charge in [0.1, 0.15) is 5.69 Å². The summed E-state index contributed by atoms with van der Waals surface area (Å²) >= 11 is 0. The Balaban J connectivity index is 3.32. The Bertz CT molecular complexity index is 432. The molecule has 1 aromatic heterocycles. The van der Waals surface area contributed by atoms with Gasteiger partial charge in [0.05, 0.1) is 6.61 Å². The molecular weight excluding hydrogens is 218 g/mol. The predicted molar refractivity (Wildman–Crippen MR) is 65.5 cm³/mol. The lowest BCUT2D eigenvalue weighted by Gasteiger charge is -2.03. The van der Waals surface area contributed by atoms with E-state index in [-0.39, 0.29) is 11.8 Å². The summed E-state index contributed by atoms with van der Waals surface area (Å²) in [6.07, 6.45) is 1.33. The summed E-state index contributed by atoms with van der Waals surface area (Å²) in [4.78, 5) is 26.4. The summed E-state index contributed by atoms with van der Waals surface area (Å²) < 4.78 is 4.98. The van der Waals surface area contributed by atoms with E-state index in [9.17, 15) is 9.59 Å². The quantitative estimate of drug-likeness (QED) is 0.632. The number of hydrogen-bond acceptors (Lipinski definition) is 3. The minimum Gasteiger partial charge on any atom is -0.461 e. The second-order valence-electron chi connectivity index (χ2n) is 3.82. The monoisotopic (exact) mass is 237 g/mol. The number of nitrogens with one attached hydrogen (secondary N) is 1. The van der Waals surface area contributed by atoms with Gasteiger partial charge in [-0.15, -0.1) is 0 Å². The Morgan fingerprint density at radius 2 is 1.82 bits per heavy atom. The Hall–Kier alpha value is -1.58. The highest BCUT2D eigenvalue weighted by molar-refractivity contribution is 6.01. The normalized spacial score (nSPS) is 10.4. The first-order valence-corrected chi connectivity index (χ1v) is 5.98. The first-order chi connectivity index (χ1) is 8.06. The fraction of sp³-hybridized carbons (Fsp3) is 0.538. The second-order valence-corrected chi connectivity index (χ2v) is 3.82. The maximum atomic E-state index is 11.8. The number of aryl methyl sites for hydroxylation is 1. The number of aromatic amines is 1. The van der Waals surface area contributed by atoms with Crippen molar-refractivity contribution >= 4 is 11.8 Å². The first-order valence-electron chi connectivity index (χ1n) is 5.98. The van der Waals surface area contributed by atoms with E-state index >= 15 is 0 Å². The van der Waals surface area contributed by atoms with E-state index in [4.69, 9.17) is 4.74 Å². The molecule has 94 valence electrons. The third-order valence-corrected chi connectivity index (χ3v) is 2.72. The molecular formula is C13H19NO3. The molecule has 0 aliphatic rings. The van der Waals surface area contributed by atoms with Gasteiger partial charge in [-0.1, -0.05) is 13.8 Å². The third-order valence-electron chi connectivity index (χ3n) is 2.72. The molecule has 0 fully saturated rings. The van der Waals surface area contributed by atoms with E-state index in [1.165, 1.54) is 6.92 Å². The van der Waals surface area contributed by atoms with Crippen LogP contribution < -0.4 is 0 Å². The van der Waals surface area contributed by atoms with E-state index < -0.39 is 0 Å². The summed E-state index contributed by atoms with van der Waals surface area (Å²) in [5.41, 5.74) is 2.67. The topological polar surface area (TPSA) is 59.2 Å². The largest absolute Gasteiger partial charge is 0.461 e. The third kappa shape index (κ3) is 2.57. The van der Waals surface area contributed by atoms with Crippen LogP contribution in [0.3, 0.4) is 0 Å². The molecule has 0 aliphatic carbocycles. The number of carbonyl (C=O) groups excluding carboxylic acids is 2. The molecule has 0 saturated carbocycles. The highest BCUT2D eigenvalue weighted by Gasteiger charge is 2.23. The number of H-pyrrole nitrogens is 1. The van der Waals surface area contributed by atoms with Crippen molar-refractivity contribution in [3.63, 3.8) is 0 Å². The minimum absolute atomic E-state index is 0.00880. The van der Waals surface area contributed by atoms with Gasteiger partial charge in [-0.25, -0.2) is 4.79 Å². The second kappa shape index (κ2) is 5.66. The summed E-state index contributed by atoms with van der Waals surface area (Å²) in [6.45, 7) is 7.50. The molecule has 0 bridgehead atoms. The number of Topliss-reactive ketones (excluding diaryl/α,β-unsaturated/α-hetero) is 1. The molecule has 1 heterocycles. The fourth-order valence-corrected chi connectivity index (χ4v) is 2.02. The van der Waals surface area contributed by atoms with Crippen molar-refractivity contribution in [1.82, 2.24) is 4.98 Å². The first kappa shape index (κ1) is 13.5. The van der Waals surface area contributed by atoms with Crippen LogP contribution in [-0.2, 0) is 17.6 Å². The molecule has 4 nitrogen and oxygen atoms in total. The molecule has 1 N–H and O–H groups in total. The van der Waals surface area contributed by atoms with Gasteiger partial charge in [0, 0.05) is 11.3 Å². The van der Waals surface area contributed by atoms with Crippen molar-refractivity contribution in [2.45, 2.75) is 40.5 Å². The Labute approximate surface area is 101 Å². The molecule has 4 heteroatoms. The minimum atomic E-state index is -0.383. The predicted octanol–water partition coefficient (Wildman–Crippen LogP) is 2.52. The van der Waals surface area contributed by atoms with Gasteiger partial charge in [0.15, 0.2) is 5.78 Å². The molecule has 1 rings (SSSR count). The summed E-state index contributed by atoms with van der Waals surface area (Å²) in [5, 5.41) is 0. The summed E-state index contributed by atoms with van der Waals surface area (Å²) in [5.74, 6) is -0.392. The van der Waals surface area contributed by atoms with Gasteiger partial charge in [0.25, 0.3) is 0 Å². The smallest absolute Gasteiger partial charge is 0.355 e. The number of esters is 1. The highest BCUT2D eigenvalue weighted by atomic mass is 16.5. The Morgan fingerprint density at radius 3 is 2.24 bits per heavy atom. The van der Waals surface area contributed by atoms with Gasteiger partial charge in [-0.2, -0.15) is 0 Å². The van der Waals surface area contributed by atoms with Gasteiger partial charge in [-0.05, 0) is 32.3 Å². The van der Waals surface area contributed by atoms with E-state index in [0.29, 0.717) is 30.7 Å². The SMILES string of the molecule is CCOC(=O)c1[nH]c(CC)c(C(C)=O)c1CC. The Morgan fingerprint density at radius 1 is 1.18 bits per heavy atom. The van der Waals surface area contributed by atoms with Crippen molar-refractivity contribution in [2.75, 3.05) is 6.61 Å². The molecule has 0 unspecified atom stereocenters. The number of hydrogen-bond donors (Lipinski definition) is 1. The molecule has 0 amide bonds. The van der Waals surface area contributed by atoms with Crippen molar-refractivity contribution in [1.29, 1.82) is 0 Å². The molecule has 17 heavy (non-hydrogen) atoms. The lowest BCUT2D eigenvalue weighted by molar-refractivity contribution is 0.0519. The molecule has 0 atom stereocenters. The molecule has 0 spiro atoms. The standard InChI is InChI=1S/C13H19NO3/c1-5-9-11(8(4)15)10(6-2)14-12(9)13(16)17-7-3/h14H,5-7H2,1-4H3. The zero-order valence-corrected chi connectivity index (χ0v) is 10.8. The Kier molecular flexibility index (Phi) is 4.49. The van der Waals surface area contributed by atoms with Crippen LogP contribution >= 0.6 is 0 Å². The van der Waals surface area contributed by atoms with E-state index in [0.717, 1.165) is 11.3 Å². The van der Waals surface area contributed by atoms with Gasteiger partial charge in [-0.3, -0.25) is 4.79 Å². The number of aromatic nitrogens is 1. The average molecular weight is 237 g/mol. The van der Waals surface area contributed by atoms with Crippen LogP contribution in [-0.4, -0.2) is 23.3 Å². The van der Waals surface area contributed by atoms with E-state index in [1.807, 2.05) is 13.8 Å². The van der Waals surface area contributed by atoms with E-state index in [2.05, 4.69) is 4.98 Å². The van der Waals surface area contributed by atoms with Gasteiger partial charge < -0.3 is 9.72 Å². The number of ketones is 1. The maximum Gasteiger partial charge on any atom is 0.355 e. The average Bonchev–Trinajstić information content (AvgIpc) is 2.67. The van der Waals surface area contributed by atoms with E-state index in [1.54, 1.807) is 6.92 Å². The van der Waals surface area contributed by atoms with Crippen molar-refractivity contribution < 1.29 is 14.3 Å². The van der Waals surface area contributed by atoms with Gasteiger partial charge in [0.2, 0.25) is 0 Å². The van der Waals surface area contributed by atoms with Crippen LogP contribution in [0.5, 0.6) is 0 Å². The zero-order valence-electron chi connectivity index (χ0n) is 10.8. The number of carbonyl (C=O) groups is 2. The van der Waals surface area contributed by atoms with Crippen molar-refractivity contribution in [3.8, 4) is 0 Å². The van der Waals surface area contributed by atoms with Crippen LogP contribution in [0.25, 0.3) is 0 Å². The molecule has 0 aromatic carbocycles. The van der Waals surface area contributed by atoms with Crippen molar-refractivity contribution in [2.24, 2.45) is 0 Å². The highest BCUT2D eigenvalue weighted by Crippen LogP contribution is 2.22. The van der Waals surface area contributed by atoms with Crippen LogP contribution in [0.4, 0.5) is 0 Å². The van der Waals surface area contributed by atoms with Crippen molar-refractivity contribution in [3.05, 3.63) is 22.5 Å². The maximum absolute atomic E-state index is 11.8. The van der Waals surface area contributed by atoms with Crippen LogP contribution in [0.15, 0.2) is 0 Å². The molecule has 1 aromatic rings. The van der Waals surface area contributed by atoms with Gasteiger partial charge >= 0.3 is 5.97 Å². The summed E-state index contributed by atoms with van der Waals surface area (Å²) in [7, 11) is 0. The van der Waals surface area contributed by atoms with Crippen LogP contribution in [0.1, 0.15) is 59.8 Å². The molecule has 0 radical (unpaired) electrons. The number of ether oxygens (including phenoxy) is 1. The lowest BCUT2D eigenvalue weighted by atomic mass is 10.0. The van der Waals surface area contributed by atoms with Crippen LogP contribution in [0, 0.1) is 0 Å².